The molecule has 2 rings (SSSR count). The van der Waals surface area contributed by atoms with Crippen LogP contribution < -0.4 is 5.32 Å². The van der Waals surface area contributed by atoms with Gasteiger partial charge in [0.25, 0.3) is 0 Å². The standard InChI is InChI=1S/C15H28N2O2S/c1-2-19-10-5-14(18)16-13-15(6-3-4-7-15)17-8-11-20-12-9-17/h2-13H2,1H3,(H,16,18). The molecule has 1 saturated carbocycles. The van der Waals surface area contributed by atoms with Crippen LogP contribution in [0.3, 0.4) is 0 Å². The molecule has 1 aliphatic heterocycles. The van der Waals surface area contributed by atoms with Crippen LogP contribution in [0.2, 0.25) is 0 Å². The average molecular weight is 300 g/mol. The fourth-order valence-electron chi connectivity index (χ4n) is 3.34. The third-order valence-electron chi connectivity index (χ3n) is 4.51. The number of thioether (sulfide) groups is 1. The van der Waals surface area contributed by atoms with Gasteiger partial charge in [0, 0.05) is 49.7 Å². The summed E-state index contributed by atoms with van der Waals surface area (Å²) in [5.74, 6) is 2.61. The predicted molar refractivity (Wildman–Crippen MR) is 84.2 cm³/mol. The van der Waals surface area contributed by atoms with Gasteiger partial charge in [-0.3, -0.25) is 9.69 Å². The van der Waals surface area contributed by atoms with E-state index < -0.39 is 0 Å². The Kier molecular flexibility index (Phi) is 6.65. The molecule has 1 heterocycles. The highest BCUT2D eigenvalue weighted by Gasteiger charge is 2.40. The molecular weight excluding hydrogens is 272 g/mol. The van der Waals surface area contributed by atoms with E-state index in [-0.39, 0.29) is 11.4 Å². The van der Waals surface area contributed by atoms with Crippen LogP contribution in [0.4, 0.5) is 0 Å². The van der Waals surface area contributed by atoms with Crippen molar-refractivity contribution in [1.29, 1.82) is 0 Å². The summed E-state index contributed by atoms with van der Waals surface area (Å²) in [6, 6.07) is 0. The zero-order chi connectivity index (χ0) is 14.3. The number of amides is 1. The van der Waals surface area contributed by atoms with Crippen LogP contribution in [-0.2, 0) is 9.53 Å². The van der Waals surface area contributed by atoms with Crippen LogP contribution in [0.5, 0.6) is 0 Å². The molecule has 0 aromatic rings. The van der Waals surface area contributed by atoms with Crippen molar-refractivity contribution >= 4 is 17.7 Å². The smallest absolute Gasteiger partial charge is 0.222 e. The van der Waals surface area contributed by atoms with Crippen molar-refractivity contribution in [2.24, 2.45) is 0 Å². The number of carbonyl (C=O) groups is 1. The van der Waals surface area contributed by atoms with Crippen molar-refractivity contribution in [2.45, 2.75) is 44.6 Å². The minimum atomic E-state index is 0.135. The van der Waals surface area contributed by atoms with Gasteiger partial charge in [0.2, 0.25) is 5.91 Å². The first-order chi connectivity index (χ1) is 9.77. The molecule has 0 aromatic heterocycles. The SMILES string of the molecule is CCOCCC(=O)NCC1(N2CCSCC2)CCCC1. The molecule has 0 aromatic carbocycles. The van der Waals surface area contributed by atoms with Crippen LogP contribution in [-0.4, -0.2) is 60.7 Å². The Morgan fingerprint density at radius 1 is 1.30 bits per heavy atom. The summed E-state index contributed by atoms with van der Waals surface area (Å²) >= 11 is 2.05. The first-order valence-corrected chi connectivity index (χ1v) is 9.09. The zero-order valence-corrected chi connectivity index (χ0v) is 13.5. The lowest BCUT2D eigenvalue weighted by molar-refractivity contribution is -0.122. The topological polar surface area (TPSA) is 41.6 Å². The Hall–Kier alpha value is -0.260. The van der Waals surface area contributed by atoms with E-state index in [0.29, 0.717) is 19.6 Å². The molecule has 20 heavy (non-hydrogen) atoms. The van der Waals surface area contributed by atoms with Crippen molar-refractivity contribution < 1.29 is 9.53 Å². The van der Waals surface area contributed by atoms with Crippen LogP contribution in [0.1, 0.15) is 39.0 Å². The van der Waals surface area contributed by atoms with Gasteiger partial charge < -0.3 is 10.1 Å². The number of nitrogens with one attached hydrogen (secondary N) is 1. The molecule has 0 bridgehead atoms. The maximum Gasteiger partial charge on any atom is 0.222 e. The third kappa shape index (κ3) is 4.37. The van der Waals surface area contributed by atoms with Crippen molar-refractivity contribution in [3.05, 3.63) is 0 Å². The summed E-state index contributed by atoms with van der Waals surface area (Å²) in [7, 11) is 0. The summed E-state index contributed by atoms with van der Waals surface area (Å²) in [6.07, 6.45) is 5.57. The molecule has 1 amide bonds. The molecule has 1 N–H and O–H groups in total. The number of hydrogen-bond acceptors (Lipinski definition) is 4. The van der Waals surface area contributed by atoms with Gasteiger partial charge >= 0.3 is 0 Å². The molecule has 0 unspecified atom stereocenters. The van der Waals surface area contributed by atoms with E-state index in [9.17, 15) is 4.79 Å². The van der Waals surface area contributed by atoms with Gasteiger partial charge in [-0.2, -0.15) is 11.8 Å². The number of rotatable bonds is 7. The maximum atomic E-state index is 11.9. The Morgan fingerprint density at radius 3 is 2.65 bits per heavy atom. The Bertz CT molecular complexity index is 300. The fraction of sp³-hybridized carbons (Fsp3) is 0.933. The summed E-state index contributed by atoms with van der Waals surface area (Å²) in [6.45, 7) is 6.36. The van der Waals surface area contributed by atoms with Gasteiger partial charge in [0.05, 0.1) is 6.61 Å². The largest absolute Gasteiger partial charge is 0.381 e. The lowest BCUT2D eigenvalue weighted by Gasteiger charge is -2.43. The second-order valence-electron chi connectivity index (χ2n) is 5.75. The van der Waals surface area contributed by atoms with Gasteiger partial charge in [0.1, 0.15) is 0 Å². The van der Waals surface area contributed by atoms with Crippen molar-refractivity contribution in [1.82, 2.24) is 10.2 Å². The van der Waals surface area contributed by atoms with Crippen LogP contribution in [0.15, 0.2) is 0 Å². The second-order valence-corrected chi connectivity index (χ2v) is 6.98. The lowest BCUT2D eigenvalue weighted by Crippen LogP contribution is -2.56. The normalized spacial score (nSPS) is 22.9. The third-order valence-corrected chi connectivity index (χ3v) is 5.45. The average Bonchev–Trinajstić information content (AvgIpc) is 2.97. The summed E-state index contributed by atoms with van der Waals surface area (Å²) in [4.78, 5) is 14.5. The van der Waals surface area contributed by atoms with E-state index in [1.165, 1.54) is 50.3 Å². The molecule has 5 heteroatoms. The highest BCUT2D eigenvalue weighted by atomic mass is 32.2. The predicted octanol–water partition coefficient (Wildman–Crippen LogP) is 1.89. The van der Waals surface area contributed by atoms with Gasteiger partial charge in [-0.15, -0.1) is 0 Å². The van der Waals surface area contributed by atoms with Gasteiger partial charge in [-0.25, -0.2) is 0 Å². The van der Waals surface area contributed by atoms with E-state index in [1.54, 1.807) is 0 Å². The van der Waals surface area contributed by atoms with E-state index in [4.69, 9.17) is 4.74 Å². The summed E-state index contributed by atoms with van der Waals surface area (Å²) < 4.78 is 5.24. The minimum absolute atomic E-state index is 0.135. The fourth-order valence-corrected chi connectivity index (χ4v) is 4.24. The molecule has 0 radical (unpaired) electrons. The van der Waals surface area contributed by atoms with Crippen molar-refractivity contribution in [3.8, 4) is 0 Å². The quantitative estimate of drug-likeness (QED) is 0.729. The first kappa shape index (κ1) is 16.1. The van der Waals surface area contributed by atoms with Crippen molar-refractivity contribution in [2.75, 3.05) is 44.4 Å². The molecule has 0 spiro atoms. The molecule has 1 saturated heterocycles. The van der Waals surface area contributed by atoms with E-state index in [0.717, 1.165) is 6.54 Å². The van der Waals surface area contributed by atoms with E-state index in [2.05, 4.69) is 10.2 Å². The Labute approximate surface area is 127 Å². The van der Waals surface area contributed by atoms with Crippen molar-refractivity contribution in [3.63, 3.8) is 0 Å². The van der Waals surface area contributed by atoms with E-state index >= 15 is 0 Å². The highest BCUT2D eigenvalue weighted by Crippen LogP contribution is 2.36. The van der Waals surface area contributed by atoms with Crippen LogP contribution in [0, 0.1) is 0 Å². The van der Waals surface area contributed by atoms with Gasteiger partial charge in [-0.1, -0.05) is 12.8 Å². The molecule has 2 aliphatic rings. The Balaban J connectivity index is 1.81. The molecule has 4 nitrogen and oxygen atoms in total. The number of ether oxygens (including phenoxy) is 1. The van der Waals surface area contributed by atoms with Crippen LogP contribution in [0.25, 0.3) is 0 Å². The monoisotopic (exact) mass is 300 g/mol. The number of carbonyl (C=O) groups excluding carboxylic acids is 1. The maximum absolute atomic E-state index is 11.9. The molecule has 2 fully saturated rings. The second kappa shape index (κ2) is 8.25. The number of nitrogens with zero attached hydrogens (tertiary/aromatic N) is 1. The first-order valence-electron chi connectivity index (χ1n) is 7.94. The van der Waals surface area contributed by atoms with Crippen LogP contribution >= 0.6 is 11.8 Å². The zero-order valence-electron chi connectivity index (χ0n) is 12.7. The highest BCUT2D eigenvalue weighted by molar-refractivity contribution is 7.99. The molecular formula is C15H28N2O2S. The molecule has 0 atom stereocenters. The van der Waals surface area contributed by atoms with Gasteiger partial charge in [-0.05, 0) is 19.8 Å². The van der Waals surface area contributed by atoms with Gasteiger partial charge in [0.15, 0.2) is 0 Å². The number of hydrogen-bond donors (Lipinski definition) is 1. The Morgan fingerprint density at radius 2 is 2.00 bits per heavy atom. The van der Waals surface area contributed by atoms with E-state index in [1.807, 2.05) is 18.7 Å². The molecule has 1 aliphatic carbocycles. The lowest BCUT2D eigenvalue weighted by atomic mass is 9.94. The summed E-state index contributed by atoms with van der Waals surface area (Å²) in [5, 5.41) is 3.15. The summed E-state index contributed by atoms with van der Waals surface area (Å²) in [5.41, 5.74) is 0.238. The minimum Gasteiger partial charge on any atom is -0.381 e. The molecule has 116 valence electrons.